The molecule has 0 aliphatic carbocycles. The van der Waals surface area contributed by atoms with Crippen LogP contribution in [-0.2, 0) is 18.1 Å². The first-order chi connectivity index (χ1) is 13.5. The van der Waals surface area contributed by atoms with Gasteiger partial charge in [-0.2, -0.15) is 0 Å². The van der Waals surface area contributed by atoms with Crippen LogP contribution in [0.1, 0.15) is 46.1 Å². The smallest absolute Gasteiger partial charge is 0.493 e. The Bertz CT molecular complexity index is 616. The molecule has 1 aromatic carbocycles. The summed E-state index contributed by atoms with van der Waals surface area (Å²) in [6.07, 6.45) is 4.12. The summed E-state index contributed by atoms with van der Waals surface area (Å²) in [5.74, 6) is 0.0167. The average Bonchev–Trinajstić information content (AvgIpc) is 2.66. The molecule has 0 radical (unpaired) electrons. The molecule has 0 saturated carbocycles. The van der Waals surface area contributed by atoms with E-state index < -0.39 is 20.5 Å². The van der Waals surface area contributed by atoms with Crippen LogP contribution in [0, 0.1) is 0 Å². The summed E-state index contributed by atoms with van der Waals surface area (Å²) >= 11 is 0. The second kappa shape index (κ2) is 12.6. The van der Waals surface area contributed by atoms with E-state index in [1.807, 2.05) is 20.8 Å². The van der Waals surface area contributed by atoms with E-state index in [2.05, 4.69) is 6.92 Å². The molecule has 1 atom stereocenters. The second-order valence-electron chi connectivity index (χ2n) is 5.88. The van der Waals surface area contributed by atoms with Crippen molar-refractivity contribution in [2.75, 3.05) is 26.9 Å². The first-order valence-corrected chi connectivity index (χ1v) is 11.4. The Hall–Kier alpha value is -1.87. The van der Waals surface area contributed by atoms with Crippen molar-refractivity contribution in [2.24, 2.45) is 0 Å². The predicted molar refractivity (Wildman–Crippen MR) is 110 cm³/mol. The molecule has 0 heterocycles. The summed E-state index contributed by atoms with van der Waals surface area (Å²) < 4.78 is 29.8. The highest BCUT2D eigenvalue weighted by molar-refractivity contribution is 6.62. The molecule has 1 aromatic rings. The Balaban J connectivity index is 3.30. The fourth-order valence-corrected chi connectivity index (χ4v) is 5.72. The van der Waals surface area contributed by atoms with E-state index in [0.717, 1.165) is 12.5 Å². The molecule has 0 saturated heterocycles. The molecule has 0 aliphatic heterocycles. The molecule has 158 valence electrons. The Morgan fingerprint density at radius 2 is 1.68 bits per heavy atom. The average molecular weight is 413 g/mol. The Kier molecular flexibility index (Phi) is 10.8. The highest BCUT2D eigenvalue weighted by atomic mass is 28.4. The van der Waals surface area contributed by atoms with Gasteiger partial charge in [-0.05, 0) is 51.0 Å². The molecule has 0 fully saturated rings. The van der Waals surface area contributed by atoms with Gasteiger partial charge in [0.05, 0.1) is 7.11 Å². The molecule has 0 amide bonds. The number of carboxylic acids is 1. The third-order valence-electron chi connectivity index (χ3n) is 3.86. The van der Waals surface area contributed by atoms with Gasteiger partial charge in [-0.25, -0.2) is 4.79 Å². The summed E-state index contributed by atoms with van der Waals surface area (Å²) in [6, 6.07) is 5.24. The van der Waals surface area contributed by atoms with Crippen molar-refractivity contribution in [3.05, 3.63) is 29.8 Å². The number of aliphatic carboxylic acids is 1. The normalized spacial score (nSPS) is 12.9. The van der Waals surface area contributed by atoms with E-state index in [4.69, 9.17) is 27.9 Å². The third kappa shape index (κ3) is 6.94. The molecule has 28 heavy (non-hydrogen) atoms. The fourth-order valence-electron chi connectivity index (χ4n) is 2.79. The van der Waals surface area contributed by atoms with E-state index in [-0.39, 0.29) is 0 Å². The molecule has 7 nitrogen and oxygen atoms in total. The van der Waals surface area contributed by atoms with Gasteiger partial charge in [0.2, 0.25) is 0 Å². The standard InChI is InChI=1S/C20H32O7Si/c1-6-10-20(28(24-7-2,25-8-3)26-9-4)27-18-15-16(12-14-19(21)22)11-13-17(18)23-5/h11-15,20H,6-10H2,1-5H3,(H,21,22)/b14-12+. The number of carboxylic acid groups (broad SMARTS) is 1. The Morgan fingerprint density at radius 3 is 2.14 bits per heavy atom. The zero-order chi connectivity index (χ0) is 21.0. The van der Waals surface area contributed by atoms with E-state index in [1.165, 1.54) is 6.08 Å². The van der Waals surface area contributed by atoms with Crippen molar-refractivity contribution in [1.82, 2.24) is 0 Å². The Morgan fingerprint density at radius 1 is 1.07 bits per heavy atom. The van der Waals surface area contributed by atoms with E-state index >= 15 is 0 Å². The lowest BCUT2D eigenvalue weighted by atomic mass is 10.2. The number of hydrogen-bond donors (Lipinski definition) is 1. The van der Waals surface area contributed by atoms with Crippen molar-refractivity contribution < 1.29 is 32.7 Å². The van der Waals surface area contributed by atoms with Crippen molar-refractivity contribution in [3.63, 3.8) is 0 Å². The van der Waals surface area contributed by atoms with Crippen LogP contribution in [0.5, 0.6) is 11.5 Å². The minimum atomic E-state index is -3.11. The van der Waals surface area contributed by atoms with Gasteiger partial charge in [-0.3, -0.25) is 0 Å². The number of methoxy groups -OCH3 is 1. The number of benzene rings is 1. The second-order valence-corrected chi connectivity index (χ2v) is 8.60. The van der Waals surface area contributed by atoms with Crippen LogP contribution >= 0.6 is 0 Å². The monoisotopic (exact) mass is 412 g/mol. The summed E-state index contributed by atoms with van der Waals surface area (Å²) in [5.41, 5.74) is 0.273. The van der Waals surface area contributed by atoms with Crippen molar-refractivity contribution >= 4 is 20.8 Å². The summed E-state index contributed by atoms with van der Waals surface area (Å²) in [7, 11) is -1.55. The van der Waals surface area contributed by atoms with Gasteiger partial charge in [0.15, 0.2) is 17.2 Å². The molecule has 8 heteroatoms. The van der Waals surface area contributed by atoms with E-state index in [0.29, 0.717) is 43.3 Å². The summed E-state index contributed by atoms with van der Waals surface area (Å²) in [5, 5.41) is 8.86. The summed E-state index contributed by atoms with van der Waals surface area (Å²) in [6.45, 7) is 9.13. The summed E-state index contributed by atoms with van der Waals surface area (Å²) in [4.78, 5) is 10.8. The molecule has 0 bridgehead atoms. The maximum absolute atomic E-state index is 10.8. The van der Waals surface area contributed by atoms with Gasteiger partial charge in [0.25, 0.3) is 0 Å². The minimum Gasteiger partial charge on any atom is -0.493 e. The third-order valence-corrected chi connectivity index (χ3v) is 7.13. The van der Waals surface area contributed by atoms with Crippen LogP contribution in [-0.4, -0.2) is 52.5 Å². The lowest BCUT2D eigenvalue weighted by Crippen LogP contribution is -2.59. The van der Waals surface area contributed by atoms with Gasteiger partial charge < -0.3 is 27.9 Å². The fraction of sp³-hybridized carbons (Fsp3) is 0.550. The molecular weight excluding hydrogens is 380 g/mol. The van der Waals surface area contributed by atoms with Crippen LogP contribution < -0.4 is 9.47 Å². The van der Waals surface area contributed by atoms with Crippen LogP contribution in [0.15, 0.2) is 24.3 Å². The van der Waals surface area contributed by atoms with E-state index in [1.54, 1.807) is 25.3 Å². The maximum atomic E-state index is 10.8. The van der Waals surface area contributed by atoms with E-state index in [9.17, 15) is 4.79 Å². The number of ether oxygens (including phenoxy) is 2. The molecule has 1 N–H and O–H groups in total. The van der Waals surface area contributed by atoms with Gasteiger partial charge in [0.1, 0.15) is 0 Å². The molecule has 0 aromatic heterocycles. The van der Waals surface area contributed by atoms with Gasteiger partial charge in [-0.15, -0.1) is 0 Å². The molecule has 0 spiro atoms. The molecule has 0 aliphatic rings. The maximum Gasteiger partial charge on any atom is 0.543 e. The zero-order valence-electron chi connectivity index (χ0n) is 17.4. The van der Waals surface area contributed by atoms with Gasteiger partial charge in [-0.1, -0.05) is 19.4 Å². The first kappa shape index (κ1) is 24.2. The first-order valence-electron chi connectivity index (χ1n) is 9.63. The molecule has 1 rings (SSSR count). The number of carbonyl (C=O) groups is 1. The molecule has 1 unspecified atom stereocenters. The number of rotatable bonds is 14. The quantitative estimate of drug-likeness (QED) is 0.366. The minimum absolute atomic E-state index is 0.412. The highest BCUT2D eigenvalue weighted by Crippen LogP contribution is 2.33. The van der Waals surface area contributed by atoms with Crippen molar-refractivity contribution in [1.29, 1.82) is 0 Å². The SMILES string of the molecule is CCCC(Oc1cc(/C=C/C(=O)O)ccc1OC)[Si](OCC)(OCC)OCC. The van der Waals surface area contributed by atoms with Gasteiger partial charge in [0, 0.05) is 25.9 Å². The van der Waals surface area contributed by atoms with Crippen LogP contribution in [0.25, 0.3) is 6.08 Å². The zero-order valence-corrected chi connectivity index (χ0v) is 18.4. The lowest BCUT2D eigenvalue weighted by Gasteiger charge is -2.35. The van der Waals surface area contributed by atoms with Crippen molar-refractivity contribution in [2.45, 2.75) is 46.3 Å². The van der Waals surface area contributed by atoms with Gasteiger partial charge >= 0.3 is 14.8 Å². The van der Waals surface area contributed by atoms with Crippen LogP contribution in [0.4, 0.5) is 0 Å². The highest BCUT2D eigenvalue weighted by Gasteiger charge is 2.51. The van der Waals surface area contributed by atoms with Crippen molar-refractivity contribution in [3.8, 4) is 11.5 Å². The Labute approximate surface area is 168 Å². The molecular formula is C20H32O7Si. The van der Waals surface area contributed by atoms with Crippen LogP contribution in [0.2, 0.25) is 0 Å². The lowest BCUT2D eigenvalue weighted by molar-refractivity contribution is -0.131. The number of hydrogen-bond acceptors (Lipinski definition) is 6. The van der Waals surface area contributed by atoms with Crippen LogP contribution in [0.3, 0.4) is 0 Å². The predicted octanol–water partition coefficient (Wildman–Crippen LogP) is 3.93. The largest absolute Gasteiger partial charge is 0.543 e. The topological polar surface area (TPSA) is 83.5 Å².